The molecule has 0 heterocycles. The lowest BCUT2D eigenvalue weighted by Gasteiger charge is -2.25. The molecule has 0 radical (unpaired) electrons. The molecular formula is C9H18O8. The van der Waals surface area contributed by atoms with Crippen molar-refractivity contribution in [2.24, 2.45) is 0 Å². The topological polar surface area (TPSA) is 159 Å². The van der Waals surface area contributed by atoms with Crippen LogP contribution < -0.4 is 0 Å². The SMILES string of the molecule is O=C(O)C(O)CC[C@H](O)[C@@H](O)[C@H](O)[C@H](O)CO. The zero-order chi connectivity index (χ0) is 13.6. The standard InChI is InChI=1S/C9H18O8/c10-3-6(13)8(15)7(14)4(11)1-2-5(12)9(16)17/h4-8,10-15H,1-3H2,(H,16,17)/t4-,5?,6+,7+,8+/m0/s1. The molecule has 0 aliphatic rings. The minimum atomic E-state index is -1.75. The first kappa shape index (κ1) is 16.2. The first-order valence-electron chi connectivity index (χ1n) is 5.05. The Morgan fingerprint density at radius 3 is 1.76 bits per heavy atom. The van der Waals surface area contributed by atoms with E-state index in [1.807, 2.05) is 0 Å². The van der Waals surface area contributed by atoms with Gasteiger partial charge in [-0.3, -0.25) is 0 Å². The maximum atomic E-state index is 10.3. The molecule has 0 aromatic carbocycles. The number of hydrogen-bond acceptors (Lipinski definition) is 7. The molecule has 0 aliphatic heterocycles. The van der Waals surface area contributed by atoms with Gasteiger partial charge in [-0.25, -0.2) is 4.79 Å². The predicted molar refractivity (Wildman–Crippen MR) is 54.0 cm³/mol. The molecule has 7 N–H and O–H groups in total. The summed E-state index contributed by atoms with van der Waals surface area (Å²) >= 11 is 0. The fraction of sp³-hybridized carbons (Fsp3) is 0.889. The average Bonchev–Trinajstić information content (AvgIpc) is 2.32. The molecular weight excluding hydrogens is 236 g/mol. The third kappa shape index (κ3) is 5.39. The number of aliphatic carboxylic acids is 1. The van der Waals surface area contributed by atoms with Crippen LogP contribution in [0.2, 0.25) is 0 Å². The monoisotopic (exact) mass is 254 g/mol. The van der Waals surface area contributed by atoms with Crippen molar-refractivity contribution in [2.45, 2.75) is 43.4 Å². The van der Waals surface area contributed by atoms with Gasteiger partial charge in [-0.1, -0.05) is 0 Å². The normalized spacial score (nSPS) is 20.4. The number of aliphatic hydroxyl groups excluding tert-OH is 6. The molecule has 0 aromatic rings. The van der Waals surface area contributed by atoms with E-state index >= 15 is 0 Å². The van der Waals surface area contributed by atoms with E-state index in [0.717, 1.165) is 0 Å². The highest BCUT2D eigenvalue weighted by molar-refractivity contribution is 5.71. The van der Waals surface area contributed by atoms with Gasteiger partial charge in [-0.15, -0.1) is 0 Å². The van der Waals surface area contributed by atoms with Gasteiger partial charge in [-0.05, 0) is 12.8 Å². The molecule has 1 unspecified atom stereocenters. The van der Waals surface area contributed by atoms with Gasteiger partial charge in [0.05, 0.1) is 12.7 Å². The molecule has 0 rings (SSSR count). The van der Waals surface area contributed by atoms with Crippen molar-refractivity contribution in [2.75, 3.05) is 6.61 Å². The van der Waals surface area contributed by atoms with Gasteiger partial charge < -0.3 is 35.7 Å². The van der Waals surface area contributed by atoms with Crippen molar-refractivity contribution in [1.29, 1.82) is 0 Å². The third-order valence-electron chi connectivity index (χ3n) is 2.35. The number of hydrogen-bond donors (Lipinski definition) is 7. The van der Waals surface area contributed by atoms with Crippen LogP contribution in [0, 0.1) is 0 Å². The van der Waals surface area contributed by atoms with Crippen LogP contribution in [0.25, 0.3) is 0 Å². The van der Waals surface area contributed by atoms with E-state index in [-0.39, 0.29) is 12.8 Å². The van der Waals surface area contributed by atoms with E-state index in [2.05, 4.69) is 0 Å². The molecule has 0 amide bonds. The van der Waals surface area contributed by atoms with Crippen LogP contribution in [0.4, 0.5) is 0 Å². The molecule has 17 heavy (non-hydrogen) atoms. The van der Waals surface area contributed by atoms with Crippen LogP contribution in [0.15, 0.2) is 0 Å². The molecule has 0 spiro atoms. The Balaban J connectivity index is 4.13. The first-order chi connectivity index (χ1) is 7.81. The van der Waals surface area contributed by atoms with E-state index in [1.165, 1.54) is 0 Å². The van der Waals surface area contributed by atoms with Gasteiger partial charge in [-0.2, -0.15) is 0 Å². The Morgan fingerprint density at radius 1 is 0.882 bits per heavy atom. The van der Waals surface area contributed by atoms with Crippen LogP contribution in [-0.2, 0) is 4.79 Å². The second-order valence-electron chi connectivity index (χ2n) is 3.73. The molecule has 0 fully saturated rings. The Bertz CT molecular complexity index is 233. The van der Waals surface area contributed by atoms with Crippen LogP contribution in [0.5, 0.6) is 0 Å². The van der Waals surface area contributed by atoms with Crippen molar-refractivity contribution < 1.29 is 40.5 Å². The van der Waals surface area contributed by atoms with Gasteiger partial charge in [0.2, 0.25) is 0 Å². The summed E-state index contributed by atoms with van der Waals surface area (Å²) in [4.78, 5) is 10.3. The molecule has 0 saturated carbocycles. The van der Waals surface area contributed by atoms with Crippen LogP contribution >= 0.6 is 0 Å². The number of aliphatic hydroxyl groups is 6. The summed E-state index contributed by atoms with van der Waals surface area (Å²) in [5, 5.41) is 62.7. The van der Waals surface area contributed by atoms with Gasteiger partial charge in [0.1, 0.15) is 18.3 Å². The van der Waals surface area contributed by atoms with Gasteiger partial charge in [0, 0.05) is 0 Å². The number of carboxylic acids is 1. The zero-order valence-corrected chi connectivity index (χ0v) is 9.05. The summed E-state index contributed by atoms with van der Waals surface area (Å²) in [6.45, 7) is -0.789. The fourth-order valence-corrected chi connectivity index (χ4v) is 1.19. The third-order valence-corrected chi connectivity index (χ3v) is 2.35. The largest absolute Gasteiger partial charge is 0.479 e. The van der Waals surface area contributed by atoms with Gasteiger partial charge >= 0.3 is 5.97 Å². The lowest BCUT2D eigenvalue weighted by Crippen LogP contribution is -2.46. The Morgan fingerprint density at radius 2 is 1.35 bits per heavy atom. The highest BCUT2D eigenvalue weighted by Crippen LogP contribution is 2.11. The molecule has 5 atom stereocenters. The van der Waals surface area contributed by atoms with E-state index in [1.54, 1.807) is 0 Å². The minimum absolute atomic E-state index is 0.274. The quantitative estimate of drug-likeness (QED) is 0.236. The Hall–Kier alpha value is -0.770. The molecule has 0 bridgehead atoms. The lowest BCUT2D eigenvalue weighted by molar-refractivity contribution is -0.148. The van der Waals surface area contributed by atoms with E-state index in [4.69, 9.17) is 20.4 Å². The van der Waals surface area contributed by atoms with Crippen molar-refractivity contribution >= 4 is 5.97 Å². The maximum absolute atomic E-state index is 10.3. The highest BCUT2D eigenvalue weighted by atomic mass is 16.4. The number of rotatable bonds is 8. The maximum Gasteiger partial charge on any atom is 0.332 e. The molecule has 102 valence electrons. The van der Waals surface area contributed by atoms with Gasteiger partial charge in [0.25, 0.3) is 0 Å². The first-order valence-corrected chi connectivity index (χ1v) is 5.05. The summed E-state index contributed by atoms with van der Waals surface area (Å²) in [5.74, 6) is -1.46. The molecule has 0 saturated heterocycles. The van der Waals surface area contributed by atoms with Crippen molar-refractivity contribution in [3.05, 3.63) is 0 Å². The molecule has 0 aliphatic carbocycles. The summed E-state index contributed by atoms with van der Waals surface area (Å²) in [7, 11) is 0. The van der Waals surface area contributed by atoms with Crippen LogP contribution in [0.1, 0.15) is 12.8 Å². The summed E-state index contributed by atoms with van der Waals surface area (Å²) in [5.41, 5.74) is 0. The van der Waals surface area contributed by atoms with E-state index < -0.39 is 43.1 Å². The fourth-order valence-electron chi connectivity index (χ4n) is 1.19. The van der Waals surface area contributed by atoms with Crippen molar-refractivity contribution in [3.8, 4) is 0 Å². The van der Waals surface area contributed by atoms with Crippen molar-refractivity contribution in [3.63, 3.8) is 0 Å². The average molecular weight is 254 g/mol. The summed E-state index contributed by atoms with van der Waals surface area (Å²) in [6, 6.07) is 0. The zero-order valence-electron chi connectivity index (χ0n) is 9.05. The van der Waals surface area contributed by atoms with Crippen LogP contribution in [-0.4, -0.2) is 78.8 Å². The summed E-state index contributed by atoms with van der Waals surface area (Å²) < 4.78 is 0. The summed E-state index contributed by atoms with van der Waals surface area (Å²) in [6.07, 6.45) is -8.87. The predicted octanol–water partition coefficient (Wildman–Crippen LogP) is -3.35. The van der Waals surface area contributed by atoms with Crippen molar-refractivity contribution in [1.82, 2.24) is 0 Å². The number of carboxylic acid groups (broad SMARTS) is 1. The Labute approximate surface area is 97.4 Å². The minimum Gasteiger partial charge on any atom is -0.479 e. The molecule has 0 aromatic heterocycles. The van der Waals surface area contributed by atoms with E-state index in [9.17, 15) is 20.1 Å². The second kappa shape index (κ2) is 7.54. The molecule has 8 heteroatoms. The number of carbonyl (C=O) groups is 1. The Kier molecular flexibility index (Phi) is 7.19. The van der Waals surface area contributed by atoms with E-state index in [0.29, 0.717) is 0 Å². The smallest absolute Gasteiger partial charge is 0.332 e. The van der Waals surface area contributed by atoms with Gasteiger partial charge in [0.15, 0.2) is 6.10 Å². The highest BCUT2D eigenvalue weighted by Gasteiger charge is 2.30. The lowest BCUT2D eigenvalue weighted by atomic mass is 9.99. The van der Waals surface area contributed by atoms with Crippen LogP contribution in [0.3, 0.4) is 0 Å². The molecule has 8 nitrogen and oxygen atoms in total. The second-order valence-corrected chi connectivity index (χ2v) is 3.73.